The third-order valence-electron chi connectivity index (χ3n) is 4.80. The lowest BCUT2D eigenvalue weighted by Crippen LogP contribution is -2.24. The van der Waals surface area contributed by atoms with Crippen LogP contribution < -0.4 is 5.73 Å². The lowest BCUT2D eigenvalue weighted by Gasteiger charge is -2.25. The Morgan fingerprint density at radius 2 is 1.93 bits per heavy atom. The zero-order chi connectivity index (χ0) is 20.5. The highest BCUT2D eigenvalue weighted by Gasteiger charge is 2.24. The molecular formula is C21H26FN3O3. The number of carbonyl (C=O) groups is 1. The van der Waals surface area contributed by atoms with E-state index in [0.29, 0.717) is 11.3 Å². The molecule has 1 fully saturated rings. The van der Waals surface area contributed by atoms with Gasteiger partial charge in [-0.2, -0.15) is 0 Å². The Balaban J connectivity index is 1.88. The van der Waals surface area contributed by atoms with Gasteiger partial charge in [-0.25, -0.2) is 19.2 Å². The fraction of sp³-hybridized carbons (Fsp3) is 0.476. The fourth-order valence-electron chi connectivity index (χ4n) is 3.35. The standard InChI is InChI=1S/C21H26FN3O3/c1-21(2,3)28-20(27)15-9-6-13(10-16(15)22)18-19(23)24-11-17(25-18)12-4-7-14(26)8-5-12/h6,9-12,14,26H,4-5,7-8H2,1-3H3,(H2,23,24)/t12-,14-. The summed E-state index contributed by atoms with van der Waals surface area (Å²) in [4.78, 5) is 21.0. The van der Waals surface area contributed by atoms with Gasteiger partial charge in [-0.1, -0.05) is 6.07 Å². The Kier molecular flexibility index (Phi) is 5.65. The summed E-state index contributed by atoms with van der Waals surface area (Å²) in [6.07, 6.45) is 4.49. The first-order valence-corrected chi connectivity index (χ1v) is 9.48. The van der Waals surface area contributed by atoms with E-state index >= 15 is 0 Å². The first kappa shape index (κ1) is 20.2. The van der Waals surface area contributed by atoms with E-state index in [9.17, 15) is 14.3 Å². The molecule has 0 unspecified atom stereocenters. The number of ether oxygens (including phenoxy) is 1. The Morgan fingerprint density at radius 3 is 2.54 bits per heavy atom. The quantitative estimate of drug-likeness (QED) is 0.777. The van der Waals surface area contributed by atoms with Gasteiger partial charge in [0.2, 0.25) is 0 Å². The number of rotatable bonds is 3. The molecule has 7 heteroatoms. The molecule has 0 atom stereocenters. The molecule has 0 aliphatic heterocycles. The Labute approximate surface area is 164 Å². The average Bonchev–Trinajstić information content (AvgIpc) is 2.61. The number of aromatic nitrogens is 2. The lowest BCUT2D eigenvalue weighted by molar-refractivity contribution is 0.00647. The number of nitrogens with two attached hydrogens (primary N) is 1. The van der Waals surface area contributed by atoms with Gasteiger partial charge in [0.05, 0.1) is 23.6 Å². The van der Waals surface area contributed by atoms with Crippen LogP contribution in [-0.2, 0) is 4.74 Å². The second kappa shape index (κ2) is 7.83. The normalized spacial score (nSPS) is 20.0. The predicted molar refractivity (Wildman–Crippen MR) is 104 cm³/mol. The summed E-state index contributed by atoms with van der Waals surface area (Å²) in [6.45, 7) is 5.18. The number of aliphatic hydroxyl groups is 1. The maximum absolute atomic E-state index is 14.6. The molecule has 1 saturated carbocycles. The summed E-state index contributed by atoms with van der Waals surface area (Å²) in [5.41, 5.74) is 6.76. The molecule has 1 aromatic carbocycles. The summed E-state index contributed by atoms with van der Waals surface area (Å²) >= 11 is 0. The minimum atomic E-state index is -0.717. The topological polar surface area (TPSA) is 98.3 Å². The third kappa shape index (κ3) is 4.65. The minimum absolute atomic E-state index is 0.136. The number of hydrogen-bond acceptors (Lipinski definition) is 6. The van der Waals surface area contributed by atoms with Crippen LogP contribution in [-0.4, -0.2) is 32.7 Å². The highest BCUT2D eigenvalue weighted by Crippen LogP contribution is 2.34. The Bertz CT molecular complexity index is 872. The van der Waals surface area contributed by atoms with Crippen LogP contribution in [0.1, 0.15) is 68.4 Å². The van der Waals surface area contributed by atoms with Gasteiger partial charge in [0.1, 0.15) is 22.9 Å². The highest BCUT2D eigenvalue weighted by molar-refractivity contribution is 5.90. The molecule has 1 aromatic heterocycles. The number of anilines is 1. The summed E-state index contributed by atoms with van der Waals surface area (Å²) in [5, 5.41) is 9.69. The van der Waals surface area contributed by atoms with Crippen LogP contribution in [0.3, 0.4) is 0 Å². The second-order valence-corrected chi connectivity index (χ2v) is 8.23. The molecule has 6 nitrogen and oxygen atoms in total. The van der Waals surface area contributed by atoms with Crippen molar-refractivity contribution in [2.75, 3.05) is 5.73 Å². The summed E-state index contributed by atoms with van der Waals surface area (Å²) in [5.74, 6) is -1.02. The molecule has 2 aromatic rings. The van der Waals surface area contributed by atoms with Crippen molar-refractivity contribution in [1.29, 1.82) is 0 Å². The van der Waals surface area contributed by atoms with E-state index in [1.54, 1.807) is 33.0 Å². The minimum Gasteiger partial charge on any atom is -0.456 e. The molecule has 0 amide bonds. The molecule has 1 aliphatic rings. The summed E-state index contributed by atoms with van der Waals surface area (Å²) < 4.78 is 19.8. The van der Waals surface area contributed by atoms with E-state index in [1.165, 1.54) is 12.1 Å². The number of aliphatic hydroxyl groups excluding tert-OH is 1. The van der Waals surface area contributed by atoms with Crippen LogP contribution in [0.2, 0.25) is 0 Å². The van der Waals surface area contributed by atoms with Crippen molar-refractivity contribution in [2.24, 2.45) is 0 Å². The van der Waals surface area contributed by atoms with Crippen molar-refractivity contribution in [3.8, 4) is 11.3 Å². The number of carbonyl (C=O) groups excluding carboxylic acids is 1. The number of halogens is 1. The fourth-order valence-corrected chi connectivity index (χ4v) is 3.35. The molecule has 3 N–H and O–H groups in total. The van der Waals surface area contributed by atoms with E-state index in [0.717, 1.165) is 31.4 Å². The number of esters is 1. The van der Waals surface area contributed by atoms with Crippen molar-refractivity contribution in [1.82, 2.24) is 9.97 Å². The van der Waals surface area contributed by atoms with Crippen molar-refractivity contribution >= 4 is 11.8 Å². The zero-order valence-electron chi connectivity index (χ0n) is 16.4. The summed E-state index contributed by atoms with van der Waals surface area (Å²) in [6, 6.07) is 4.20. The second-order valence-electron chi connectivity index (χ2n) is 8.23. The van der Waals surface area contributed by atoms with Gasteiger partial charge in [-0.15, -0.1) is 0 Å². The first-order valence-electron chi connectivity index (χ1n) is 9.48. The van der Waals surface area contributed by atoms with Gasteiger partial charge in [0.15, 0.2) is 0 Å². The molecule has 150 valence electrons. The number of nitrogens with zero attached hydrogens (tertiary/aromatic N) is 2. The largest absolute Gasteiger partial charge is 0.456 e. The van der Waals surface area contributed by atoms with Gasteiger partial charge < -0.3 is 15.6 Å². The van der Waals surface area contributed by atoms with Gasteiger partial charge >= 0.3 is 5.97 Å². The van der Waals surface area contributed by atoms with Crippen molar-refractivity contribution in [2.45, 2.75) is 64.1 Å². The lowest BCUT2D eigenvalue weighted by atomic mass is 9.85. The van der Waals surface area contributed by atoms with Crippen molar-refractivity contribution < 1.29 is 19.0 Å². The van der Waals surface area contributed by atoms with Gasteiger partial charge in [-0.3, -0.25) is 0 Å². The first-order chi connectivity index (χ1) is 13.1. The van der Waals surface area contributed by atoms with Crippen molar-refractivity contribution in [3.63, 3.8) is 0 Å². The van der Waals surface area contributed by atoms with E-state index in [-0.39, 0.29) is 23.4 Å². The van der Waals surface area contributed by atoms with Gasteiger partial charge in [0.25, 0.3) is 0 Å². The van der Waals surface area contributed by atoms with Gasteiger partial charge in [0, 0.05) is 11.5 Å². The number of nitrogen functional groups attached to an aromatic ring is 1. The van der Waals surface area contributed by atoms with Gasteiger partial charge in [-0.05, 0) is 58.6 Å². The highest BCUT2D eigenvalue weighted by atomic mass is 19.1. The maximum Gasteiger partial charge on any atom is 0.341 e. The molecule has 28 heavy (non-hydrogen) atoms. The van der Waals surface area contributed by atoms with E-state index < -0.39 is 17.4 Å². The molecule has 0 bridgehead atoms. The van der Waals surface area contributed by atoms with Crippen LogP contribution in [0.25, 0.3) is 11.3 Å². The third-order valence-corrected chi connectivity index (χ3v) is 4.80. The molecular weight excluding hydrogens is 361 g/mol. The maximum atomic E-state index is 14.6. The molecule has 1 heterocycles. The number of benzene rings is 1. The molecule has 0 spiro atoms. The van der Waals surface area contributed by atoms with E-state index in [4.69, 9.17) is 10.5 Å². The molecule has 1 aliphatic carbocycles. The molecule has 3 rings (SSSR count). The smallest absolute Gasteiger partial charge is 0.341 e. The van der Waals surface area contributed by atoms with Crippen molar-refractivity contribution in [3.05, 3.63) is 41.5 Å². The molecule has 0 saturated heterocycles. The predicted octanol–water partition coefficient (Wildman–Crippen LogP) is 3.84. The van der Waals surface area contributed by atoms with Crippen LogP contribution in [0.15, 0.2) is 24.4 Å². The van der Waals surface area contributed by atoms with E-state index in [2.05, 4.69) is 9.97 Å². The number of hydrogen-bond donors (Lipinski definition) is 2. The zero-order valence-corrected chi connectivity index (χ0v) is 16.4. The van der Waals surface area contributed by atoms with Crippen LogP contribution >= 0.6 is 0 Å². The average molecular weight is 387 g/mol. The Hall–Kier alpha value is -2.54. The monoisotopic (exact) mass is 387 g/mol. The van der Waals surface area contributed by atoms with E-state index in [1.807, 2.05) is 0 Å². The SMILES string of the molecule is CC(C)(C)OC(=O)c1ccc(-c2nc([C@H]3CC[C@H](O)CC3)cnc2N)cc1F. The van der Waals surface area contributed by atoms with Crippen LogP contribution in [0.5, 0.6) is 0 Å². The summed E-state index contributed by atoms with van der Waals surface area (Å²) in [7, 11) is 0. The van der Waals surface area contributed by atoms with Crippen LogP contribution in [0.4, 0.5) is 10.2 Å². The molecule has 0 radical (unpaired) electrons. The van der Waals surface area contributed by atoms with Crippen LogP contribution in [0, 0.1) is 5.82 Å². The Morgan fingerprint density at radius 1 is 1.25 bits per heavy atom.